The van der Waals surface area contributed by atoms with Crippen LogP contribution in [-0.2, 0) is 4.74 Å². The van der Waals surface area contributed by atoms with Crippen LogP contribution in [0.5, 0.6) is 0 Å². The minimum atomic E-state index is -0.433. The summed E-state index contributed by atoms with van der Waals surface area (Å²) in [6, 6.07) is 5.78. The number of likely N-dealkylation sites (tertiary alicyclic amines) is 1. The standard InChI is InChI=1S/C14H18N2O2/c1-14(2,3)18-13(17)16-9-11(10-16)8-12-6-4-5-7-15-12/h4-8H,9-10H2,1-3H3. The summed E-state index contributed by atoms with van der Waals surface area (Å²) < 4.78 is 5.28. The Morgan fingerprint density at radius 3 is 2.67 bits per heavy atom. The number of carbonyl (C=O) groups excluding carboxylic acids is 1. The predicted molar refractivity (Wildman–Crippen MR) is 70.0 cm³/mol. The van der Waals surface area contributed by atoms with E-state index in [2.05, 4.69) is 4.98 Å². The average Bonchev–Trinajstić information content (AvgIpc) is 2.21. The molecule has 0 saturated carbocycles. The maximum Gasteiger partial charge on any atom is 0.410 e. The van der Waals surface area contributed by atoms with E-state index in [1.807, 2.05) is 45.0 Å². The highest BCUT2D eigenvalue weighted by molar-refractivity contribution is 5.72. The van der Waals surface area contributed by atoms with Gasteiger partial charge in [-0.2, -0.15) is 0 Å². The van der Waals surface area contributed by atoms with Crippen LogP contribution in [0.1, 0.15) is 26.5 Å². The monoisotopic (exact) mass is 246 g/mol. The molecule has 1 aromatic heterocycles. The summed E-state index contributed by atoms with van der Waals surface area (Å²) in [5.41, 5.74) is 1.69. The molecule has 18 heavy (non-hydrogen) atoms. The van der Waals surface area contributed by atoms with E-state index in [0.717, 1.165) is 5.69 Å². The summed E-state index contributed by atoms with van der Waals surface area (Å²) in [5, 5.41) is 0. The van der Waals surface area contributed by atoms with Crippen molar-refractivity contribution in [1.82, 2.24) is 9.88 Å². The minimum Gasteiger partial charge on any atom is -0.444 e. The van der Waals surface area contributed by atoms with Gasteiger partial charge in [0.2, 0.25) is 0 Å². The molecule has 1 aliphatic rings. The highest BCUT2D eigenvalue weighted by atomic mass is 16.6. The van der Waals surface area contributed by atoms with Crippen molar-refractivity contribution in [3.63, 3.8) is 0 Å². The normalized spacial score (nSPS) is 15.1. The lowest BCUT2D eigenvalue weighted by Gasteiger charge is -2.35. The second kappa shape index (κ2) is 4.80. The van der Waals surface area contributed by atoms with E-state index in [-0.39, 0.29) is 6.09 Å². The molecule has 0 radical (unpaired) electrons. The number of carbonyl (C=O) groups is 1. The Labute approximate surface area is 107 Å². The van der Waals surface area contributed by atoms with Gasteiger partial charge in [-0.15, -0.1) is 0 Å². The van der Waals surface area contributed by atoms with E-state index in [1.165, 1.54) is 5.57 Å². The average molecular weight is 246 g/mol. The number of nitrogens with zero attached hydrogens (tertiary/aromatic N) is 2. The lowest BCUT2D eigenvalue weighted by molar-refractivity contribution is 0.0216. The Kier molecular flexibility index (Phi) is 3.36. The molecule has 1 amide bonds. The maximum atomic E-state index is 11.7. The first-order valence-electron chi connectivity index (χ1n) is 6.02. The van der Waals surface area contributed by atoms with E-state index >= 15 is 0 Å². The smallest absolute Gasteiger partial charge is 0.410 e. The van der Waals surface area contributed by atoms with Gasteiger partial charge in [-0.1, -0.05) is 6.07 Å². The maximum absolute atomic E-state index is 11.7. The summed E-state index contributed by atoms with van der Waals surface area (Å²) >= 11 is 0. The highest BCUT2D eigenvalue weighted by Crippen LogP contribution is 2.20. The largest absolute Gasteiger partial charge is 0.444 e. The van der Waals surface area contributed by atoms with Crippen molar-refractivity contribution in [2.75, 3.05) is 13.1 Å². The third-order valence-electron chi connectivity index (χ3n) is 2.48. The van der Waals surface area contributed by atoms with E-state index < -0.39 is 5.60 Å². The molecule has 0 unspecified atom stereocenters. The van der Waals surface area contributed by atoms with Crippen LogP contribution in [0.4, 0.5) is 4.79 Å². The van der Waals surface area contributed by atoms with Gasteiger partial charge < -0.3 is 9.64 Å². The first-order chi connectivity index (χ1) is 8.44. The van der Waals surface area contributed by atoms with Crippen LogP contribution in [0, 0.1) is 0 Å². The Morgan fingerprint density at radius 2 is 2.11 bits per heavy atom. The number of hydrogen-bond acceptors (Lipinski definition) is 3. The summed E-state index contributed by atoms with van der Waals surface area (Å²) in [4.78, 5) is 17.6. The molecule has 0 aliphatic carbocycles. The van der Waals surface area contributed by atoms with Crippen LogP contribution in [0.25, 0.3) is 6.08 Å². The molecule has 0 bridgehead atoms. The van der Waals surface area contributed by atoms with E-state index in [1.54, 1.807) is 11.1 Å². The second-order valence-corrected chi connectivity index (χ2v) is 5.39. The molecule has 1 fully saturated rings. The van der Waals surface area contributed by atoms with Crippen molar-refractivity contribution in [1.29, 1.82) is 0 Å². The molecular weight excluding hydrogens is 228 g/mol. The Hall–Kier alpha value is -1.84. The van der Waals surface area contributed by atoms with Gasteiger partial charge >= 0.3 is 6.09 Å². The molecule has 2 heterocycles. The summed E-state index contributed by atoms with van der Waals surface area (Å²) in [7, 11) is 0. The Bertz CT molecular complexity index is 452. The van der Waals surface area contributed by atoms with E-state index in [4.69, 9.17) is 4.74 Å². The van der Waals surface area contributed by atoms with Crippen molar-refractivity contribution in [3.05, 3.63) is 35.7 Å². The van der Waals surface area contributed by atoms with Gasteiger partial charge in [0, 0.05) is 19.3 Å². The van der Waals surface area contributed by atoms with Crippen LogP contribution >= 0.6 is 0 Å². The third-order valence-corrected chi connectivity index (χ3v) is 2.48. The molecule has 0 atom stereocenters. The second-order valence-electron chi connectivity index (χ2n) is 5.39. The van der Waals surface area contributed by atoms with E-state index in [9.17, 15) is 4.79 Å². The third kappa shape index (κ3) is 3.32. The van der Waals surface area contributed by atoms with Gasteiger partial charge in [-0.3, -0.25) is 4.98 Å². The van der Waals surface area contributed by atoms with Gasteiger partial charge in [0.1, 0.15) is 5.60 Å². The van der Waals surface area contributed by atoms with Crippen molar-refractivity contribution in [2.45, 2.75) is 26.4 Å². The first-order valence-corrected chi connectivity index (χ1v) is 6.02. The van der Waals surface area contributed by atoms with Gasteiger partial charge in [0.05, 0.1) is 5.69 Å². The molecule has 96 valence electrons. The Balaban J connectivity index is 1.87. The van der Waals surface area contributed by atoms with Crippen LogP contribution < -0.4 is 0 Å². The molecule has 1 aliphatic heterocycles. The fourth-order valence-corrected chi connectivity index (χ4v) is 1.66. The van der Waals surface area contributed by atoms with Gasteiger partial charge in [0.15, 0.2) is 0 Å². The van der Waals surface area contributed by atoms with E-state index in [0.29, 0.717) is 13.1 Å². The number of amides is 1. The van der Waals surface area contributed by atoms with Gasteiger partial charge in [-0.25, -0.2) is 4.79 Å². The van der Waals surface area contributed by atoms with Crippen molar-refractivity contribution < 1.29 is 9.53 Å². The number of ether oxygens (including phenoxy) is 1. The molecule has 0 N–H and O–H groups in total. The molecular formula is C14H18N2O2. The molecule has 4 heteroatoms. The van der Waals surface area contributed by atoms with Crippen molar-refractivity contribution in [3.8, 4) is 0 Å². The lowest BCUT2D eigenvalue weighted by Crippen LogP contribution is -2.46. The first kappa shape index (κ1) is 12.6. The van der Waals surface area contributed by atoms with Gasteiger partial charge in [-0.05, 0) is 44.6 Å². The lowest BCUT2D eigenvalue weighted by atomic mass is 10.1. The zero-order chi connectivity index (χ0) is 13.2. The zero-order valence-electron chi connectivity index (χ0n) is 11.0. The van der Waals surface area contributed by atoms with Gasteiger partial charge in [0.25, 0.3) is 0 Å². The fourth-order valence-electron chi connectivity index (χ4n) is 1.66. The zero-order valence-corrected chi connectivity index (χ0v) is 11.0. The topological polar surface area (TPSA) is 42.4 Å². The fraction of sp³-hybridized carbons (Fsp3) is 0.429. The molecule has 0 spiro atoms. The summed E-state index contributed by atoms with van der Waals surface area (Å²) in [5.74, 6) is 0. The number of rotatable bonds is 1. The van der Waals surface area contributed by atoms with Crippen LogP contribution in [0.2, 0.25) is 0 Å². The van der Waals surface area contributed by atoms with Crippen LogP contribution in [0.3, 0.4) is 0 Å². The molecule has 4 nitrogen and oxygen atoms in total. The molecule has 1 saturated heterocycles. The summed E-state index contributed by atoms with van der Waals surface area (Å²) in [6.07, 6.45) is 3.53. The van der Waals surface area contributed by atoms with Crippen molar-refractivity contribution in [2.24, 2.45) is 0 Å². The predicted octanol–water partition coefficient (Wildman–Crippen LogP) is 2.72. The van der Waals surface area contributed by atoms with Crippen LogP contribution in [0.15, 0.2) is 30.0 Å². The molecule has 0 aromatic carbocycles. The van der Waals surface area contributed by atoms with Crippen molar-refractivity contribution >= 4 is 12.2 Å². The number of pyridine rings is 1. The highest BCUT2D eigenvalue weighted by Gasteiger charge is 2.29. The summed E-state index contributed by atoms with van der Waals surface area (Å²) in [6.45, 7) is 6.87. The Morgan fingerprint density at radius 1 is 1.39 bits per heavy atom. The molecule has 1 aromatic rings. The quantitative estimate of drug-likeness (QED) is 0.765. The molecule has 2 rings (SSSR count). The van der Waals surface area contributed by atoms with Crippen LogP contribution in [-0.4, -0.2) is 34.7 Å². The number of hydrogen-bond donors (Lipinski definition) is 0. The SMILES string of the molecule is CC(C)(C)OC(=O)N1CC(=Cc2ccccn2)C1. The minimum absolute atomic E-state index is 0.249. The number of aromatic nitrogens is 1.